The first kappa shape index (κ1) is 16.7. The van der Waals surface area contributed by atoms with E-state index in [0.717, 1.165) is 25.0 Å². The zero-order valence-electron chi connectivity index (χ0n) is 10.7. The molecule has 1 aromatic rings. The number of nitrogens with one attached hydrogen (secondary N) is 1. The highest BCUT2D eigenvalue weighted by atomic mass is 79.9. The molecular formula is C12H12BrClFNO4S. The van der Waals surface area contributed by atoms with E-state index >= 15 is 0 Å². The summed E-state index contributed by atoms with van der Waals surface area (Å²) in [4.78, 5) is 11.6. The summed E-state index contributed by atoms with van der Waals surface area (Å²) >= 11 is 2.98. The van der Waals surface area contributed by atoms with Gasteiger partial charge in [-0.3, -0.25) is 4.79 Å². The SMILES string of the molecule is O=C(NCC1CCCO1)c1cc(F)cc(S(=O)(=O)Cl)c1Br. The highest BCUT2D eigenvalue weighted by Gasteiger charge is 2.23. The predicted octanol–water partition coefficient (Wildman–Crippen LogP) is 2.42. The normalized spacial score (nSPS) is 18.7. The Morgan fingerprint density at radius 3 is 2.81 bits per heavy atom. The van der Waals surface area contributed by atoms with E-state index in [-0.39, 0.29) is 22.7 Å². The van der Waals surface area contributed by atoms with Crippen LogP contribution < -0.4 is 5.32 Å². The molecule has 1 amide bonds. The molecule has 0 aliphatic carbocycles. The average Bonchev–Trinajstić information content (AvgIpc) is 2.90. The van der Waals surface area contributed by atoms with Crippen molar-refractivity contribution in [2.24, 2.45) is 0 Å². The molecule has 1 aliphatic rings. The van der Waals surface area contributed by atoms with Gasteiger partial charge >= 0.3 is 0 Å². The van der Waals surface area contributed by atoms with Gasteiger partial charge in [0.2, 0.25) is 0 Å². The third-order valence-electron chi connectivity index (χ3n) is 3.03. The molecule has 1 aromatic carbocycles. The summed E-state index contributed by atoms with van der Waals surface area (Å²) in [5.41, 5.74) is -0.132. The molecule has 1 heterocycles. The van der Waals surface area contributed by atoms with Crippen molar-refractivity contribution >= 4 is 41.6 Å². The maximum Gasteiger partial charge on any atom is 0.262 e. The van der Waals surface area contributed by atoms with Crippen LogP contribution in [0.2, 0.25) is 0 Å². The second-order valence-corrected chi connectivity index (χ2v) is 7.88. The summed E-state index contributed by atoms with van der Waals surface area (Å²) in [6.07, 6.45) is 1.70. The number of carbonyl (C=O) groups is 1. The fraction of sp³-hybridized carbons (Fsp3) is 0.417. The van der Waals surface area contributed by atoms with E-state index in [2.05, 4.69) is 21.2 Å². The molecule has 1 fully saturated rings. The van der Waals surface area contributed by atoms with Crippen LogP contribution in [0.15, 0.2) is 21.5 Å². The van der Waals surface area contributed by atoms with Crippen LogP contribution in [0.4, 0.5) is 4.39 Å². The van der Waals surface area contributed by atoms with Gasteiger partial charge in [-0.15, -0.1) is 0 Å². The smallest absolute Gasteiger partial charge is 0.262 e. The summed E-state index contributed by atoms with van der Waals surface area (Å²) in [6, 6.07) is 1.70. The van der Waals surface area contributed by atoms with Crippen LogP contribution in [-0.4, -0.2) is 33.6 Å². The monoisotopic (exact) mass is 399 g/mol. The highest BCUT2D eigenvalue weighted by molar-refractivity contribution is 9.10. The zero-order valence-corrected chi connectivity index (χ0v) is 13.9. The summed E-state index contributed by atoms with van der Waals surface area (Å²) in [5.74, 6) is -1.46. The minimum absolute atomic E-state index is 0.0660. The maximum atomic E-state index is 13.5. The Morgan fingerprint density at radius 2 is 2.24 bits per heavy atom. The van der Waals surface area contributed by atoms with Gasteiger partial charge < -0.3 is 10.1 Å². The number of benzene rings is 1. The number of amides is 1. The first-order valence-corrected chi connectivity index (χ1v) is 9.23. The molecule has 9 heteroatoms. The summed E-state index contributed by atoms with van der Waals surface area (Å²) in [6.45, 7) is 0.934. The molecule has 0 bridgehead atoms. The van der Waals surface area contributed by atoms with Crippen molar-refractivity contribution in [1.82, 2.24) is 5.32 Å². The van der Waals surface area contributed by atoms with Gasteiger partial charge in [-0.25, -0.2) is 12.8 Å². The minimum Gasteiger partial charge on any atom is -0.376 e. The van der Waals surface area contributed by atoms with Gasteiger partial charge in [0.05, 0.1) is 16.1 Å². The number of halogens is 3. The molecule has 1 aliphatic heterocycles. The molecule has 1 unspecified atom stereocenters. The average molecular weight is 401 g/mol. The van der Waals surface area contributed by atoms with Crippen LogP contribution in [0.5, 0.6) is 0 Å². The predicted molar refractivity (Wildman–Crippen MR) is 78.4 cm³/mol. The zero-order chi connectivity index (χ0) is 15.6. The molecule has 1 saturated heterocycles. The molecule has 5 nitrogen and oxygen atoms in total. The molecule has 1 N–H and O–H groups in total. The van der Waals surface area contributed by atoms with Crippen molar-refractivity contribution in [2.75, 3.05) is 13.2 Å². The lowest BCUT2D eigenvalue weighted by atomic mass is 10.2. The Hall–Kier alpha value is -0.700. The van der Waals surface area contributed by atoms with Gasteiger partial charge in [0.1, 0.15) is 10.7 Å². The summed E-state index contributed by atoms with van der Waals surface area (Å²) < 4.78 is 41.5. The summed E-state index contributed by atoms with van der Waals surface area (Å²) in [7, 11) is 1.06. The van der Waals surface area contributed by atoms with Crippen LogP contribution >= 0.6 is 26.6 Å². The molecule has 0 saturated carbocycles. The quantitative estimate of drug-likeness (QED) is 0.788. The maximum absolute atomic E-state index is 13.5. The van der Waals surface area contributed by atoms with Crippen LogP contribution in [0.1, 0.15) is 23.2 Å². The number of rotatable bonds is 4. The fourth-order valence-corrected chi connectivity index (χ4v) is 4.28. The van der Waals surface area contributed by atoms with Crippen molar-refractivity contribution in [3.63, 3.8) is 0 Å². The van der Waals surface area contributed by atoms with Crippen molar-refractivity contribution in [3.8, 4) is 0 Å². The van der Waals surface area contributed by atoms with Crippen molar-refractivity contribution in [3.05, 3.63) is 28.0 Å². The van der Waals surface area contributed by atoms with Gasteiger partial charge in [-0.05, 0) is 40.9 Å². The molecule has 1 atom stereocenters. The number of hydrogen-bond acceptors (Lipinski definition) is 4. The largest absolute Gasteiger partial charge is 0.376 e. The van der Waals surface area contributed by atoms with E-state index in [9.17, 15) is 17.6 Å². The molecule has 2 rings (SSSR count). The Morgan fingerprint density at radius 1 is 1.52 bits per heavy atom. The third-order valence-corrected chi connectivity index (χ3v) is 5.49. The van der Waals surface area contributed by atoms with E-state index in [1.807, 2.05) is 0 Å². The second-order valence-electron chi connectivity index (χ2n) is 4.55. The van der Waals surface area contributed by atoms with Gasteiger partial charge in [0.15, 0.2) is 0 Å². The van der Waals surface area contributed by atoms with E-state index in [0.29, 0.717) is 6.61 Å². The number of ether oxygens (including phenoxy) is 1. The van der Waals surface area contributed by atoms with Crippen molar-refractivity contribution < 1.29 is 22.3 Å². The van der Waals surface area contributed by atoms with E-state index < -0.39 is 25.7 Å². The lowest BCUT2D eigenvalue weighted by Crippen LogP contribution is -2.32. The Labute approximate surface area is 134 Å². The first-order chi connectivity index (χ1) is 9.79. The molecule has 0 spiro atoms. The van der Waals surface area contributed by atoms with Crippen LogP contribution in [0.25, 0.3) is 0 Å². The molecule has 0 radical (unpaired) electrons. The molecular weight excluding hydrogens is 389 g/mol. The number of carbonyl (C=O) groups excluding carboxylic acids is 1. The molecule has 0 aromatic heterocycles. The Kier molecular flexibility index (Phi) is 5.24. The lowest BCUT2D eigenvalue weighted by Gasteiger charge is -2.12. The van der Waals surface area contributed by atoms with Gasteiger partial charge in [-0.2, -0.15) is 0 Å². The Balaban J connectivity index is 2.22. The first-order valence-electron chi connectivity index (χ1n) is 6.12. The van der Waals surface area contributed by atoms with Gasteiger partial charge in [0, 0.05) is 23.8 Å². The fourth-order valence-electron chi connectivity index (χ4n) is 2.01. The van der Waals surface area contributed by atoms with E-state index in [1.165, 1.54) is 0 Å². The summed E-state index contributed by atoms with van der Waals surface area (Å²) in [5, 5.41) is 2.59. The standard InChI is InChI=1S/C12H12BrClFNO4S/c13-11-9(4-7(15)5-10(11)21(14,18)19)12(17)16-6-8-2-1-3-20-8/h4-5,8H,1-3,6H2,(H,16,17). The minimum atomic E-state index is -4.16. The van der Waals surface area contributed by atoms with Crippen molar-refractivity contribution in [1.29, 1.82) is 0 Å². The molecule has 116 valence electrons. The van der Waals surface area contributed by atoms with Crippen LogP contribution in [0, 0.1) is 5.82 Å². The topological polar surface area (TPSA) is 72.5 Å². The lowest BCUT2D eigenvalue weighted by molar-refractivity contribution is 0.0856. The third kappa shape index (κ3) is 4.15. The second kappa shape index (κ2) is 6.60. The van der Waals surface area contributed by atoms with Gasteiger partial charge in [-0.1, -0.05) is 0 Å². The highest BCUT2D eigenvalue weighted by Crippen LogP contribution is 2.29. The molecule has 21 heavy (non-hydrogen) atoms. The van der Waals surface area contributed by atoms with E-state index in [4.69, 9.17) is 15.4 Å². The van der Waals surface area contributed by atoms with Gasteiger partial charge in [0.25, 0.3) is 15.0 Å². The van der Waals surface area contributed by atoms with Crippen LogP contribution in [-0.2, 0) is 13.8 Å². The van der Waals surface area contributed by atoms with Crippen molar-refractivity contribution in [2.45, 2.75) is 23.8 Å². The number of hydrogen-bond donors (Lipinski definition) is 1. The Bertz CT molecular complexity index is 661. The van der Waals surface area contributed by atoms with Crippen LogP contribution in [0.3, 0.4) is 0 Å². The van der Waals surface area contributed by atoms with E-state index in [1.54, 1.807) is 0 Å².